The van der Waals surface area contributed by atoms with E-state index in [-0.39, 0.29) is 12.5 Å². The molecule has 1 atom stereocenters. The quantitative estimate of drug-likeness (QED) is 0.566. The SMILES string of the molecule is COc1cccc(CN(C(=O)CN(c2cccc(C)c2C)S(C)(=O)=O)C(C)C(=O)NC(C)(C)C)c1. The van der Waals surface area contributed by atoms with E-state index in [1.54, 1.807) is 44.4 Å². The number of aryl methyl sites for hydroxylation is 1. The highest BCUT2D eigenvalue weighted by Gasteiger charge is 2.31. The number of nitrogens with one attached hydrogen (secondary N) is 1. The van der Waals surface area contributed by atoms with Crippen LogP contribution in [0.2, 0.25) is 0 Å². The van der Waals surface area contributed by atoms with Crippen LogP contribution in [-0.2, 0) is 26.2 Å². The third-order valence-corrected chi connectivity index (χ3v) is 6.80. The van der Waals surface area contributed by atoms with Gasteiger partial charge in [-0.3, -0.25) is 13.9 Å². The van der Waals surface area contributed by atoms with Gasteiger partial charge < -0.3 is 15.0 Å². The Morgan fingerprint density at radius 2 is 1.71 bits per heavy atom. The van der Waals surface area contributed by atoms with E-state index in [4.69, 9.17) is 4.74 Å². The molecule has 2 rings (SSSR count). The molecule has 1 unspecified atom stereocenters. The van der Waals surface area contributed by atoms with Crippen LogP contribution < -0.4 is 14.4 Å². The predicted molar refractivity (Wildman–Crippen MR) is 139 cm³/mol. The van der Waals surface area contributed by atoms with E-state index < -0.39 is 34.1 Å². The lowest BCUT2D eigenvalue weighted by atomic mass is 10.1. The fourth-order valence-electron chi connectivity index (χ4n) is 3.62. The minimum absolute atomic E-state index is 0.110. The van der Waals surface area contributed by atoms with Gasteiger partial charge >= 0.3 is 0 Å². The Bertz CT molecular complexity index is 1170. The minimum Gasteiger partial charge on any atom is -0.497 e. The Morgan fingerprint density at radius 3 is 2.29 bits per heavy atom. The van der Waals surface area contributed by atoms with Gasteiger partial charge in [-0.15, -0.1) is 0 Å². The normalized spacial score (nSPS) is 12.6. The third-order valence-electron chi connectivity index (χ3n) is 5.68. The summed E-state index contributed by atoms with van der Waals surface area (Å²) >= 11 is 0. The molecule has 0 fully saturated rings. The number of amides is 2. The van der Waals surface area contributed by atoms with Gasteiger partial charge in [-0.25, -0.2) is 8.42 Å². The lowest BCUT2D eigenvalue weighted by molar-refractivity contribution is -0.140. The van der Waals surface area contributed by atoms with Crippen LogP contribution >= 0.6 is 0 Å². The topological polar surface area (TPSA) is 96.0 Å². The van der Waals surface area contributed by atoms with Crippen molar-refractivity contribution in [1.29, 1.82) is 0 Å². The number of sulfonamides is 1. The monoisotopic (exact) mass is 503 g/mol. The van der Waals surface area contributed by atoms with Gasteiger partial charge in [-0.1, -0.05) is 24.3 Å². The number of ether oxygens (including phenoxy) is 1. The van der Waals surface area contributed by atoms with Gasteiger partial charge in [0.25, 0.3) is 0 Å². The highest BCUT2D eigenvalue weighted by atomic mass is 32.2. The van der Waals surface area contributed by atoms with Gasteiger partial charge in [0.1, 0.15) is 18.3 Å². The smallest absolute Gasteiger partial charge is 0.244 e. The van der Waals surface area contributed by atoms with Gasteiger partial charge in [0.05, 0.1) is 19.1 Å². The molecule has 0 aromatic heterocycles. The van der Waals surface area contributed by atoms with Crippen LogP contribution in [-0.4, -0.2) is 56.6 Å². The molecule has 0 radical (unpaired) electrons. The molecule has 1 N–H and O–H groups in total. The van der Waals surface area contributed by atoms with Crippen LogP contribution in [0.4, 0.5) is 5.69 Å². The molecule has 0 aliphatic carbocycles. The van der Waals surface area contributed by atoms with Crippen molar-refractivity contribution >= 4 is 27.5 Å². The van der Waals surface area contributed by atoms with E-state index >= 15 is 0 Å². The molecule has 0 bridgehead atoms. The molecule has 9 heteroatoms. The number of hydrogen-bond donors (Lipinski definition) is 1. The summed E-state index contributed by atoms with van der Waals surface area (Å²) in [6, 6.07) is 11.7. The standard InChI is InChI=1S/C26H37N3O5S/c1-18-11-9-14-23(19(18)2)29(35(8,32)33)17-24(30)28(20(3)25(31)27-26(4,5)6)16-21-12-10-13-22(15-21)34-7/h9-15,20H,16-17H2,1-8H3,(H,27,31). The largest absolute Gasteiger partial charge is 0.497 e. The zero-order valence-electron chi connectivity index (χ0n) is 21.9. The Morgan fingerprint density at radius 1 is 1.09 bits per heavy atom. The Balaban J connectivity index is 2.47. The Kier molecular flexibility index (Phi) is 8.94. The molecule has 0 heterocycles. The van der Waals surface area contributed by atoms with Gasteiger partial charge in [0.2, 0.25) is 21.8 Å². The van der Waals surface area contributed by atoms with E-state index in [1.165, 1.54) is 4.90 Å². The van der Waals surface area contributed by atoms with Crippen LogP contribution in [0.1, 0.15) is 44.4 Å². The molecule has 192 valence electrons. The van der Waals surface area contributed by atoms with E-state index in [2.05, 4.69) is 5.32 Å². The molecule has 0 saturated carbocycles. The summed E-state index contributed by atoms with van der Waals surface area (Å²) in [5.41, 5.74) is 2.38. The molecular formula is C26H37N3O5S. The maximum Gasteiger partial charge on any atom is 0.244 e. The molecule has 2 aromatic rings. The molecule has 0 aliphatic heterocycles. The lowest BCUT2D eigenvalue weighted by Crippen LogP contribution is -2.54. The summed E-state index contributed by atoms with van der Waals surface area (Å²) in [5, 5.41) is 2.91. The second-order valence-electron chi connectivity index (χ2n) is 9.78. The predicted octanol–water partition coefficient (Wildman–Crippen LogP) is 3.41. The van der Waals surface area contributed by atoms with Crippen molar-refractivity contribution in [3.8, 4) is 5.75 Å². The summed E-state index contributed by atoms with van der Waals surface area (Å²) in [4.78, 5) is 28.1. The number of benzene rings is 2. The fraction of sp³-hybridized carbons (Fsp3) is 0.462. The van der Waals surface area contributed by atoms with E-state index in [1.807, 2.05) is 46.8 Å². The van der Waals surface area contributed by atoms with Crippen LogP contribution in [0.25, 0.3) is 0 Å². The van der Waals surface area contributed by atoms with Crippen molar-refractivity contribution < 1.29 is 22.7 Å². The molecule has 2 aromatic carbocycles. The first-order valence-electron chi connectivity index (χ1n) is 11.4. The average molecular weight is 504 g/mol. The van der Waals surface area contributed by atoms with Crippen molar-refractivity contribution in [2.24, 2.45) is 0 Å². The highest BCUT2D eigenvalue weighted by Crippen LogP contribution is 2.25. The minimum atomic E-state index is -3.78. The number of carbonyl (C=O) groups is 2. The van der Waals surface area contributed by atoms with Crippen molar-refractivity contribution in [2.75, 3.05) is 24.2 Å². The van der Waals surface area contributed by atoms with E-state index in [9.17, 15) is 18.0 Å². The van der Waals surface area contributed by atoms with Crippen LogP contribution in [0, 0.1) is 13.8 Å². The van der Waals surface area contributed by atoms with Crippen molar-refractivity contribution in [3.63, 3.8) is 0 Å². The zero-order chi connectivity index (χ0) is 26.6. The highest BCUT2D eigenvalue weighted by molar-refractivity contribution is 7.92. The average Bonchev–Trinajstić information content (AvgIpc) is 2.75. The molecule has 35 heavy (non-hydrogen) atoms. The molecule has 0 saturated heterocycles. The summed E-state index contributed by atoms with van der Waals surface area (Å²) in [7, 11) is -2.23. The first kappa shape index (κ1) is 28.2. The second kappa shape index (κ2) is 11.1. The number of rotatable bonds is 9. The summed E-state index contributed by atoms with van der Waals surface area (Å²) in [6.07, 6.45) is 1.07. The van der Waals surface area contributed by atoms with E-state index in [0.717, 1.165) is 27.3 Å². The van der Waals surface area contributed by atoms with Gasteiger partial charge in [0.15, 0.2) is 0 Å². The lowest BCUT2D eigenvalue weighted by Gasteiger charge is -2.33. The van der Waals surface area contributed by atoms with Crippen molar-refractivity contribution in [3.05, 3.63) is 59.2 Å². The first-order chi connectivity index (χ1) is 16.1. The zero-order valence-corrected chi connectivity index (χ0v) is 22.7. The maximum atomic E-state index is 13.6. The van der Waals surface area contributed by atoms with Gasteiger partial charge in [0, 0.05) is 12.1 Å². The van der Waals surface area contributed by atoms with Crippen LogP contribution in [0.15, 0.2) is 42.5 Å². The molecule has 2 amide bonds. The van der Waals surface area contributed by atoms with Crippen LogP contribution in [0.3, 0.4) is 0 Å². The van der Waals surface area contributed by atoms with Crippen molar-refractivity contribution in [1.82, 2.24) is 10.2 Å². The Labute approximate surface area is 209 Å². The van der Waals surface area contributed by atoms with Crippen molar-refractivity contribution in [2.45, 2.75) is 59.7 Å². The molecular weight excluding hydrogens is 466 g/mol. The number of nitrogens with zero attached hydrogens (tertiary/aromatic N) is 2. The second-order valence-corrected chi connectivity index (χ2v) is 11.7. The first-order valence-corrected chi connectivity index (χ1v) is 13.3. The van der Waals surface area contributed by atoms with Crippen LogP contribution in [0.5, 0.6) is 5.75 Å². The summed E-state index contributed by atoms with van der Waals surface area (Å²) < 4.78 is 31.9. The third kappa shape index (κ3) is 7.71. The Hall–Kier alpha value is -3.07. The van der Waals surface area contributed by atoms with Gasteiger partial charge in [-0.2, -0.15) is 0 Å². The van der Waals surface area contributed by atoms with E-state index in [0.29, 0.717) is 11.4 Å². The number of methoxy groups -OCH3 is 1. The number of anilines is 1. The van der Waals surface area contributed by atoms with Gasteiger partial charge in [-0.05, 0) is 76.4 Å². The number of hydrogen-bond acceptors (Lipinski definition) is 5. The summed E-state index contributed by atoms with van der Waals surface area (Å²) in [6.45, 7) is 10.6. The summed E-state index contributed by atoms with van der Waals surface area (Å²) in [5.74, 6) is -0.197. The number of carbonyl (C=O) groups excluding carboxylic acids is 2. The maximum absolute atomic E-state index is 13.6. The fourth-order valence-corrected chi connectivity index (χ4v) is 4.52. The molecule has 0 aliphatic rings. The molecule has 0 spiro atoms. The molecule has 8 nitrogen and oxygen atoms in total.